The fourth-order valence-electron chi connectivity index (χ4n) is 3.04. The first kappa shape index (κ1) is 23.8. The zero-order valence-electron chi connectivity index (χ0n) is 17.3. The molecular weight excluding hydrogens is 455 g/mol. The van der Waals surface area contributed by atoms with E-state index >= 15 is 0 Å². The van der Waals surface area contributed by atoms with Gasteiger partial charge >= 0.3 is 6.18 Å². The third-order valence-corrected chi connectivity index (χ3v) is 6.13. The fourth-order valence-corrected chi connectivity index (χ4v) is 4.32. The number of halogens is 3. The number of anilines is 2. The molecule has 3 aromatic rings. The molecule has 0 aliphatic heterocycles. The zero-order valence-corrected chi connectivity index (χ0v) is 18.1. The van der Waals surface area contributed by atoms with Gasteiger partial charge in [-0.15, -0.1) is 0 Å². The van der Waals surface area contributed by atoms with Crippen molar-refractivity contribution in [3.8, 4) is 6.07 Å². The summed E-state index contributed by atoms with van der Waals surface area (Å²) >= 11 is 0. The molecule has 0 saturated carbocycles. The highest BCUT2D eigenvalue weighted by atomic mass is 32.2. The molecule has 0 aromatic heterocycles. The molecule has 0 atom stereocenters. The molecule has 0 bridgehead atoms. The minimum absolute atomic E-state index is 0.00810. The number of nitriles is 1. The molecule has 0 aliphatic carbocycles. The van der Waals surface area contributed by atoms with Crippen LogP contribution in [0.2, 0.25) is 0 Å². The van der Waals surface area contributed by atoms with Crippen LogP contribution >= 0.6 is 0 Å². The smallest absolute Gasteiger partial charge is 0.325 e. The van der Waals surface area contributed by atoms with Crippen LogP contribution in [0.3, 0.4) is 0 Å². The van der Waals surface area contributed by atoms with E-state index < -0.39 is 26.7 Å². The Balaban J connectivity index is 1.80. The number of carbonyl (C=O) groups excluding carboxylic acids is 1. The molecule has 3 aromatic carbocycles. The lowest BCUT2D eigenvalue weighted by Gasteiger charge is -2.15. The summed E-state index contributed by atoms with van der Waals surface area (Å²) < 4.78 is 67.2. The van der Waals surface area contributed by atoms with Gasteiger partial charge in [-0.3, -0.25) is 9.52 Å². The van der Waals surface area contributed by atoms with Gasteiger partial charge in [-0.05, 0) is 54.4 Å². The number of rotatable bonds is 6. The topological polar surface area (TPSA) is 99.1 Å². The normalized spacial score (nSPS) is 11.5. The number of alkyl halides is 3. The van der Waals surface area contributed by atoms with E-state index in [1.807, 2.05) is 6.07 Å². The Morgan fingerprint density at radius 2 is 1.70 bits per heavy atom. The standard InChI is InChI=1S/C23H18F3N3O3S/c1-15-6-11-18(29-33(31,32)21-5-3-2-4-19(21)23(24,25)26)13-20(15)28-22(30)12-16-7-9-17(14-27)10-8-16/h2-11,13,29H,12H2,1H3,(H,28,30). The quantitative estimate of drug-likeness (QED) is 0.534. The molecule has 0 radical (unpaired) electrons. The van der Waals surface area contributed by atoms with E-state index in [4.69, 9.17) is 5.26 Å². The Morgan fingerprint density at radius 1 is 1.03 bits per heavy atom. The molecule has 0 fully saturated rings. The van der Waals surface area contributed by atoms with Crippen molar-refractivity contribution in [1.29, 1.82) is 5.26 Å². The van der Waals surface area contributed by atoms with Gasteiger partial charge in [0.1, 0.15) is 0 Å². The number of aryl methyl sites for hydroxylation is 1. The molecular formula is C23H18F3N3O3S. The maximum Gasteiger partial charge on any atom is 0.417 e. The number of nitrogens with zero attached hydrogens (tertiary/aromatic N) is 1. The van der Waals surface area contributed by atoms with Gasteiger partial charge in [-0.1, -0.05) is 30.3 Å². The van der Waals surface area contributed by atoms with E-state index in [0.717, 1.165) is 12.1 Å². The van der Waals surface area contributed by atoms with Crippen LogP contribution in [0.1, 0.15) is 22.3 Å². The van der Waals surface area contributed by atoms with E-state index in [-0.39, 0.29) is 18.0 Å². The van der Waals surface area contributed by atoms with Crippen LogP contribution in [-0.2, 0) is 27.4 Å². The average Bonchev–Trinajstić information content (AvgIpc) is 2.76. The molecule has 1 amide bonds. The number of carbonyl (C=O) groups is 1. The van der Waals surface area contributed by atoms with Gasteiger partial charge in [0.15, 0.2) is 0 Å². The summed E-state index contributed by atoms with van der Waals surface area (Å²) in [6.07, 6.45) is -4.83. The van der Waals surface area contributed by atoms with Crippen molar-refractivity contribution in [2.24, 2.45) is 0 Å². The van der Waals surface area contributed by atoms with Crippen LogP contribution in [0, 0.1) is 18.3 Å². The molecule has 0 heterocycles. The first-order valence-corrected chi connectivity index (χ1v) is 11.1. The van der Waals surface area contributed by atoms with Crippen molar-refractivity contribution in [1.82, 2.24) is 0 Å². The van der Waals surface area contributed by atoms with Crippen molar-refractivity contribution < 1.29 is 26.4 Å². The number of hydrogen-bond donors (Lipinski definition) is 2. The molecule has 0 aliphatic rings. The molecule has 3 rings (SSSR count). The number of sulfonamides is 1. The van der Waals surface area contributed by atoms with Crippen molar-refractivity contribution in [3.05, 3.63) is 89.0 Å². The maximum absolute atomic E-state index is 13.2. The van der Waals surface area contributed by atoms with Crippen molar-refractivity contribution in [3.63, 3.8) is 0 Å². The van der Waals surface area contributed by atoms with Crippen molar-refractivity contribution in [2.75, 3.05) is 10.0 Å². The number of hydrogen-bond acceptors (Lipinski definition) is 4. The van der Waals surface area contributed by atoms with E-state index in [2.05, 4.69) is 10.0 Å². The van der Waals surface area contributed by atoms with E-state index in [1.165, 1.54) is 24.3 Å². The average molecular weight is 473 g/mol. The van der Waals surface area contributed by atoms with E-state index in [0.29, 0.717) is 28.4 Å². The fraction of sp³-hybridized carbons (Fsp3) is 0.130. The lowest BCUT2D eigenvalue weighted by molar-refractivity contribution is -0.139. The van der Waals surface area contributed by atoms with Crippen LogP contribution < -0.4 is 10.0 Å². The third kappa shape index (κ3) is 5.90. The SMILES string of the molecule is Cc1ccc(NS(=O)(=O)c2ccccc2C(F)(F)F)cc1NC(=O)Cc1ccc(C#N)cc1. The van der Waals surface area contributed by atoms with E-state index in [1.54, 1.807) is 31.2 Å². The van der Waals surface area contributed by atoms with E-state index in [9.17, 15) is 26.4 Å². The van der Waals surface area contributed by atoms with Gasteiger partial charge in [0.25, 0.3) is 10.0 Å². The predicted molar refractivity (Wildman–Crippen MR) is 117 cm³/mol. The highest BCUT2D eigenvalue weighted by Crippen LogP contribution is 2.35. The number of amides is 1. The van der Waals surface area contributed by atoms with Gasteiger partial charge in [-0.2, -0.15) is 18.4 Å². The minimum Gasteiger partial charge on any atom is -0.325 e. The Bertz CT molecular complexity index is 1330. The summed E-state index contributed by atoms with van der Waals surface area (Å²) in [4.78, 5) is 11.5. The van der Waals surface area contributed by atoms with Crippen molar-refractivity contribution >= 4 is 27.3 Å². The largest absolute Gasteiger partial charge is 0.417 e. The lowest BCUT2D eigenvalue weighted by atomic mass is 10.1. The van der Waals surface area contributed by atoms with Crippen LogP contribution in [0.4, 0.5) is 24.5 Å². The minimum atomic E-state index is -4.84. The summed E-state index contributed by atoms with van der Waals surface area (Å²) in [6, 6.07) is 16.6. The molecule has 10 heteroatoms. The maximum atomic E-state index is 13.2. The van der Waals surface area contributed by atoms with Gasteiger partial charge in [0, 0.05) is 5.69 Å². The highest BCUT2D eigenvalue weighted by Gasteiger charge is 2.36. The molecule has 0 unspecified atom stereocenters. The Kier molecular flexibility index (Phi) is 6.74. The molecule has 33 heavy (non-hydrogen) atoms. The third-order valence-electron chi connectivity index (χ3n) is 4.69. The monoisotopic (exact) mass is 473 g/mol. The van der Waals surface area contributed by atoms with Crippen molar-refractivity contribution in [2.45, 2.75) is 24.4 Å². The summed E-state index contributed by atoms with van der Waals surface area (Å²) in [5.74, 6) is -0.384. The Hall–Kier alpha value is -3.84. The second kappa shape index (κ2) is 9.34. The summed E-state index contributed by atoms with van der Waals surface area (Å²) in [7, 11) is -4.55. The number of benzene rings is 3. The number of nitrogens with one attached hydrogen (secondary N) is 2. The predicted octanol–water partition coefficient (Wildman–Crippen LogP) is 4.87. The van der Waals surface area contributed by atoms with Crippen LogP contribution in [0.15, 0.2) is 71.6 Å². The summed E-state index contributed by atoms with van der Waals surface area (Å²) in [5.41, 5.74) is 0.776. The Labute approximate surface area is 188 Å². The molecule has 2 N–H and O–H groups in total. The first-order valence-electron chi connectivity index (χ1n) is 9.58. The summed E-state index contributed by atoms with van der Waals surface area (Å²) in [6.45, 7) is 1.69. The van der Waals surface area contributed by atoms with Gasteiger partial charge < -0.3 is 5.32 Å². The van der Waals surface area contributed by atoms with Gasteiger partial charge in [0.05, 0.1) is 34.2 Å². The van der Waals surface area contributed by atoms with Crippen LogP contribution in [-0.4, -0.2) is 14.3 Å². The molecule has 6 nitrogen and oxygen atoms in total. The second-order valence-electron chi connectivity index (χ2n) is 7.16. The van der Waals surface area contributed by atoms with Crippen LogP contribution in [0.25, 0.3) is 0 Å². The lowest BCUT2D eigenvalue weighted by Crippen LogP contribution is -2.19. The molecule has 0 saturated heterocycles. The molecule has 170 valence electrons. The van der Waals surface area contributed by atoms with Gasteiger partial charge in [-0.25, -0.2) is 8.42 Å². The zero-order chi connectivity index (χ0) is 24.2. The van der Waals surface area contributed by atoms with Crippen LogP contribution in [0.5, 0.6) is 0 Å². The Morgan fingerprint density at radius 3 is 2.33 bits per heavy atom. The summed E-state index contributed by atoms with van der Waals surface area (Å²) in [5, 5.41) is 11.5. The molecule has 0 spiro atoms. The van der Waals surface area contributed by atoms with Gasteiger partial charge in [0.2, 0.25) is 5.91 Å². The highest BCUT2D eigenvalue weighted by molar-refractivity contribution is 7.92. The first-order chi connectivity index (χ1) is 15.5. The second-order valence-corrected chi connectivity index (χ2v) is 8.81.